The molecule has 1 aromatic rings. The summed E-state index contributed by atoms with van der Waals surface area (Å²) in [4.78, 5) is 28.0. The van der Waals surface area contributed by atoms with Crippen molar-refractivity contribution in [2.75, 3.05) is 51.3 Å². The van der Waals surface area contributed by atoms with Gasteiger partial charge in [-0.25, -0.2) is 12.8 Å². The maximum Gasteiger partial charge on any atom is 0.252 e. The first-order valence-electron chi connectivity index (χ1n) is 8.57. The van der Waals surface area contributed by atoms with E-state index in [9.17, 15) is 22.4 Å². The van der Waals surface area contributed by atoms with Gasteiger partial charge in [0, 0.05) is 51.9 Å². The molecule has 0 aliphatic carbocycles. The predicted octanol–water partition coefficient (Wildman–Crippen LogP) is 0.788. The largest absolute Gasteiger partial charge is 0.351 e. The molecular weight excluding hydrogens is 397 g/mol. The summed E-state index contributed by atoms with van der Waals surface area (Å²) in [5.74, 6) is -0.956. The minimum atomic E-state index is -2.99. The van der Waals surface area contributed by atoms with Crippen LogP contribution in [0.3, 0.4) is 0 Å². The van der Waals surface area contributed by atoms with Crippen molar-refractivity contribution >= 4 is 33.3 Å². The third-order valence-corrected chi connectivity index (χ3v) is 5.54. The summed E-state index contributed by atoms with van der Waals surface area (Å²) in [5.41, 5.74) is 0.157. The average molecular weight is 420 g/mol. The average Bonchev–Trinajstić information content (AvgIpc) is 2.59. The highest BCUT2D eigenvalue weighted by molar-refractivity contribution is 7.90. The first kappa shape index (κ1) is 21.6. The Morgan fingerprint density at radius 1 is 1.22 bits per heavy atom. The van der Waals surface area contributed by atoms with Crippen molar-refractivity contribution in [3.05, 3.63) is 34.6 Å². The lowest BCUT2D eigenvalue weighted by molar-refractivity contribution is -0.132. The van der Waals surface area contributed by atoms with Crippen LogP contribution in [0.25, 0.3) is 0 Å². The van der Waals surface area contributed by atoms with E-state index in [1.54, 1.807) is 4.90 Å². The van der Waals surface area contributed by atoms with Crippen molar-refractivity contribution in [1.82, 2.24) is 15.1 Å². The molecule has 0 bridgehead atoms. The Hall–Kier alpha value is -1.71. The molecule has 1 saturated heterocycles. The summed E-state index contributed by atoms with van der Waals surface area (Å²) in [6, 6.07) is 3.50. The molecule has 0 saturated carbocycles. The second-order valence-corrected chi connectivity index (χ2v) is 9.15. The molecule has 0 radical (unpaired) electrons. The fourth-order valence-corrected chi connectivity index (χ4v) is 3.57. The van der Waals surface area contributed by atoms with Gasteiger partial charge in [0.2, 0.25) is 5.91 Å². The first-order chi connectivity index (χ1) is 12.7. The van der Waals surface area contributed by atoms with Crippen molar-refractivity contribution in [2.45, 2.75) is 6.42 Å². The Bertz CT molecular complexity index is 795. The molecule has 1 aliphatic rings. The van der Waals surface area contributed by atoms with Crippen molar-refractivity contribution < 1.29 is 22.4 Å². The summed E-state index contributed by atoms with van der Waals surface area (Å²) >= 11 is 5.84. The molecule has 1 fully saturated rings. The van der Waals surface area contributed by atoms with Gasteiger partial charge in [-0.1, -0.05) is 11.6 Å². The van der Waals surface area contributed by atoms with Gasteiger partial charge in [0.05, 0.1) is 16.3 Å². The Kier molecular flexibility index (Phi) is 7.58. The highest BCUT2D eigenvalue weighted by Gasteiger charge is 2.21. The number of rotatable bonds is 7. The molecular formula is C17H23ClFN3O4S. The lowest BCUT2D eigenvalue weighted by atomic mass is 10.2. The van der Waals surface area contributed by atoms with Crippen LogP contribution in [0.15, 0.2) is 18.2 Å². The van der Waals surface area contributed by atoms with Crippen LogP contribution in [-0.2, 0) is 14.6 Å². The Morgan fingerprint density at radius 2 is 1.89 bits per heavy atom. The van der Waals surface area contributed by atoms with Gasteiger partial charge in [-0.3, -0.25) is 14.5 Å². The molecule has 2 rings (SSSR count). The number of carbonyl (C=O) groups is 2. The number of sulfone groups is 1. The van der Waals surface area contributed by atoms with Crippen LogP contribution in [0, 0.1) is 5.82 Å². The van der Waals surface area contributed by atoms with Crippen molar-refractivity contribution in [2.24, 2.45) is 0 Å². The summed E-state index contributed by atoms with van der Waals surface area (Å²) < 4.78 is 35.4. The van der Waals surface area contributed by atoms with E-state index in [0.717, 1.165) is 12.1 Å². The first-order valence-corrected chi connectivity index (χ1v) is 11.0. The number of carbonyl (C=O) groups excluding carboxylic acids is 2. The minimum Gasteiger partial charge on any atom is -0.351 e. The second-order valence-electron chi connectivity index (χ2n) is 6.48. The van der Waals surface area contributed by atoms with Gasteiger partial charge in [-0.2, -0.15) is 0 Å². The summed E-state index contributed by atoms with van der Waals surface area (Å²) in [6.07, 6.45) is 1.36. The molecule has 1 N–H and O–H groups in total. The normalized spacial score (nSPS) is 15.6. The van der Waals surface area contributed by atoms with Crippen molar-refractivity contribution in [1.29, 1.82) is 0 Å². The Labute approximate surface area is 163 Å². The molecule has 0 atom stereocenters. The predicted molar refractivity (Wildman–Crippen MR) is 101 cm³/mol. The monoisotopic (exact) mass is 419 g/mol. The van der Waals surface area contributed by atoms with Gasteiger partial charge in [-0.05, 0) is 18.2 Å². The number of benzene rings is 1. The van der Waals surface area contributed by atoms with Crippen LogP contribution < -0.4 is 5.32 Å². The summed E-state index contributed by atoms with van der Waals surface area (Å²) in [7, 11) is -2.99. The molecule has 0 spiro atoms. The van der Waals surface area contributed by atoms with Crippen LogP contribution in [0.5, 0.6) is 0 Å². The third-order valence-electron chi connectivity index (χ3n) is 4.30. The molecule has 7 nitrogen and oxygen atoms in total. The molecule has 0 aromatic heterocycles. The van der Waals surface area contributed by atoms with Gasteiger partial charge in [0.1, 0.15) is 15.7 Å². The SMILES string of the molecule is CS(=O)(=O)CCN1CCN(C(=O)CCNC(=O)c2ccc(F)cc2Cl)CC1. The molecule has 10 heteroatoms. The smallest absolute Gasteiger partial charge is 0.252 e. The number of halogens is 2. The van der Waals surface area contributed by atoms with E-state index in [1.807, 2.05) is 4.90 Å². The zero-order chi connectivity index (χ0) is 20.0. The Morgan fingerprint density at radius 3 is 2.48 bits per heavy atom. The summed E-state index contributed by atoms with van der Waals surface area (Å²) in [6.45, 7) is 2.92. The standard InChI is InChI=1S/C17H23ClFN3O4S/c1-27(25,26)11-10-21-6-8-22(9-7-21)16(23)4-5-20-17(24)14-3-2-13(19)12-15(14)18/h2-3,12H,4-11H2,1H3,(H,20,24). The van der Waals surface area contributed by atoms with E-state index in [-0.39, 0.29) is 35.2 Å². The maximum absolute atomic E-state index is 13.0. The van der Waals surface area contributed by atoms with Gasteiger partial charge in [0.15, 0.2) is 0 Å². The lowest BCUT2D eigenvalue weighted by Crippen LogP contribution is -2.50. The zero-order valence-electron chi connectivity index (χ0n) is 15.1. The maximum atomic E-state index is 13.0. The van der Waals surface area contributed by atoms with Gasteiger partial charge >= 0.3 is 0 Å². The summed E-state index contributed by atoms with van der Waals surface area (Å²) in [5, 5.41) is 2.62. The fourth-order valence-electron chi connectivity index (χ4n) is 2.73. The number of amides is 2. The van der Waals surface area contributed by atoms with Crippen LogP contribution in [0.2, 0.25) is 5.02 Å². The quantitative estimate of drug-likeness (QED) is 0.706. The van der Waals surface area contributed by atoms with Crippen molar-refractivity contribution in [3.8, 4) is 0 Å². The lowest BCUT2D eigenvalue weighted by Gasteiger charge is -2.34. The molecule has 150 valence electrons. The third kappa shape index (κ3) is 7.08. The van der Waals surface area contributed by atoms with Crippen molar-refractivity contribution in [3.63, 3.8) is 0 Å². The number of nitrogens with one attached hydrogen (secondary N) is 1. The van der Waals surface area contributed by atoms with Crippen LogP contribution in [0.4, 0.5) is 4.39 Å². The molecule has 27 heavy (non-hydrogen) atoms. The Balaban J connectivity index is 1.71. The number of piperazine rings is 1. The molecule has 1 aromatic carbocycles. The molecule has 2 amide bonds. The molecule has 1 heterocycles. The van der Waals surface area contributed by atoms with Crippen LogP contribution in [0.1, 0.15) is 16.8 Å². The van der Waals surface area contributed by atoms with E-state index < -0.39 is 21.6 Å². The van der Waals surface area contributed by atoms with E-state index in [2.05, 4.69) is 5.32 Å². The van der Waals surface area contributed by atoms with E-state index in [0.29, 0.717) is 32.7 Å². The highest BCUT2D eigenvalue weighted by Crippen LogP contribution is 2.17. The topological polar surface area (TPSA) is 86.8 Å². The van der Waals surface area contributed by atoms with Crippen LogP contribution in [-0.4, -0.2) is 81.3 Å². The second kappa shape index (κ2) is 9.48. The van der Waals surface area contributed by atoms with E-state index >= 15 is 0 Å². The van der Waals surface area contributed by atoms with E-state index in [4.69, 9.17) is 11.6 Å². The van der Waals surface area contributed by atoms with Gasteiger partial charge < -0.3 is 10.2 Å². The fraction of sp³-hybridized carbons (Fsp3) is 0.529. The number of hydrogen-bond donors (Lipinski definition) is 1. The number of hydrogen-bond acceptors (Lipinski definition) is 5. The van der Waals surface area contributed by atoms with Crippen LogP contribution >= 0.6 is 11.6 Å². The zero-order valence-corrected chi connectivity index (χ0v) is 16.7. The minimum absolute atomic E-state index is 0.0176. The molecule has 1 aliphatic heterocycles. The van der Waals surface area contributed by atoms with Gasteiger partial charge in [0.25, 0.3) is 5.91 Å². The van der Waals surface area contributed by atoms with Gasteiger partial charge in [-0.15, -0.1) is 0 Å². The molecule has 0 unspecified atom stereocenters. The highest BCUT2D eigenvalue weighted by atomic mass is 35.5. The van der Waals surface area contributed by atoms with E-state index in [1.165, 1.54) is 12.3 Å². The number of nitrogens with zero attached hydrogens (tertiary/aromatic N) is 2.